The van der Waals surface area contributed by atoms with Crippen molar-refractivity contribution < 1.29 is 24.5 Å². The molecule has 0 bridgehead atoms. The Balaban J connectivity index is 0.00000384. The lowest BCUT2D eigenvalue weighted by atomic mass is 10.0. The molecule has 1 atom stereocenters. The van der Waals surface area contributed by atoms with Crippen LogP contribution in [0.15, 0.2) is 36.7 Å². The van der Waals surface area contributed by atoms with Crippen molar-refractivity contribution in [2.75, 3.05) is 45.2 Å². The first-order valence-corrected chi connectivity index (χ1v) is 14.3. The average molecular weight is 595 g/mol. The molecule has 4 aromatic rings. The van der Waals surface area contributed by atoms with Gasteiger partial charge in [-0.1, -0.05) is 6.07 Å². The number of hydrogen-bond donors (Lipinski definition) is 1. The summed E-state index contributed by atoms with van der Waals surface area (Å²) in [5.41, 5.74) is 1.70. The number of rotatable bonds is 6. The fourth-order valence-electron chi connectivity index (χ4n) is 6.09. The number of anilines is 2. The van der Waals surface area contributed by atoms with E-state index in [-0.39, 0.29) is 36.3 Å². The van der Waals surface area contributed by atoms with Crippen molar-refractivity contribution in [3.05, 3.63) is 59.7 Å². The predicted octanol–water partition coefficient (Wildman–Crippen LogP) is 5.09. The van der Waals surface area contributed by atoms with Gasteiger partial charge in [0.1, 0.15) is 28.5 Å². The molecule has 2 fully saturated rings. The summed E-state index contributed by atoms with van der Waals surface area (Å²) in [5.74, 6) is 0.0921. The Labute approximate surface area is 249 Å². The molecule has 228 valence electrons. The Morgan fingerprint density at radius 1 is 1.14 bits per heavy atom. The number of nitrogens with one attached hydrogen (secondary N) is 1. The average Bonchev–Trinajstić information content (AvgIpc) is 3.55. The van der Waals surface area contributed by atoms with Gasteiger partial charge in [-0.2, -0.15) is 0 Å². The molecule has 0 radical (unpaired) electrons. The number of morpholine rings is 1. The van der Waals surface area contributed by atoms with Crippen LogP contribution >= 0.6 is 0 Å². The highest BCUT2D eigenvalue weighted by atomic mass is 19.1. The first-order valence-electron chi connectivity index (χ1n) is 14.3. The quantitative estimate of drug-likeness (QED) is 0.326. The molecule has 5 heterocycles. The Kier molecular flexibility index (Phi) is 7.69. The number of likely N-dealkylation sites (tertiary alicyclic amines) is 1. The molecule has 43 heavy (non-hydrogen) atoms. The van der Waals surface area contributed by atoms with Gasteiger partial charge in [0, 0.05) is 45.4 Å². The number of amides is 1. The topological polar surface area (TPSA) is 111 Å². The van der Waals surface area contributed by atoms with Crippen molar-refractivity contribution in [1.29, 1.82) is 0 Å². The van der Waals surface area contributed by atoms with Crippen LogP contribution in [-0.4, -0.2) is 85.9 Å². The molecular weight excluding hydrogens is 558 g/mol. The molecule has 6 rings (SSSR count). The lowest BCUT2D eigenvalue weighted by molar-refractivity contribution is -0.102. The molecule has 0 unspecified atom stereocenters. The number of carbonyl (C=O) groups is 1. The molecule has 1 N–H and O–H groups in total. The monoisotopic (exact) mass is 594 g/mol. The van der Waals surface area contributed by atoms with E-state index in [4.69, 9.17) is 9.47 Å². The summed E-state index contributed by atoms with van der Waals surface area (Å²) in [5, 5.41) is 3.02. The molecule has 13 heteroatoms. The van der Waals surface area contributed by atoms with Crippen LogP contribution in [0.2, 0.25) is 0 Å². The van der Waals surface area contributed by atoms with Gasteiger partial charge in [-0.15, -0.1) is 0 Å². The van der Waals surface area contributed by atoms with Crippen molar-refractivity contribution in [2.24, 2.45) is 0 Å². The Bertz CT molecular complexity index is 1670. The third kappa shape index (κ3) is 5.74. The van der Waals surface area contributed by atoms with Crippen LogP contribution < -0.4 is 5.32 Å². The molecule has 0 aliphatic carbocycles. The number of nitrogens with zero attached hydrogens (tertiary/aromatic N) is 7. The van der Waals surface area contributed by atoms with E-state index in [9.17, 15) is 9.18 Å². The molecule has 0 saturated carbocycles. The lowest BCUT2D eigenvalue weighted by Crippen LogP contribution is -2.53. The smallest absolute Gasteiger partial charge is 0.409 e. The van der Waals surface area contributed by atoms with Crippen LogP contribution in [0.3, 0.4) is 0 Å². The molecule has 1 amide bonds. The molecule has 2 saturated heterocycles. The second kappa shape index (κ2) is 11.5. The minimum atomic E-state index is -0.666. The largest absolute Gasteiger partial charge is 0.453 e. The zero-order chi connectivity index (χ0) is 30.3. The Morgan fingerprint density at radius 3 is 2.72 bits per heavy atom. The van der Waals surface area contributed by atoms with Crippen LogP contribution in [-0.2, 0) is 16.0 Å². The van der Waals surface area contributed by atoms with Crippen molar-refractivity contribution in [3.63, 3.8) is 0 Å². The van der Waals surface area contributed by atoms with E-state index in [0.29, 0.717) is 55.5 Å². The SMILES string of the molecule is COC(=O)N1CC[C@@]2(CN(Cc3ccc(Nc4ncc(F)c(-c5cc(F)c6nc(C)n(C(C)C)c6c5)n4)nc3)CCO2)C1.[HH]. The Hall–Kier alpha value is -4.23. The summed E-state index contributed by atoms with van der Waals surface area (Å²) in [7, 11) is 1.39. The number of pyridine rings is 1. The summed E-state index contributed by atoms with van der Waals surface area (Å²) in [6.45, 7) is 9.65. The van der Waals surface area contributed by atoms with Gasteiger partial charge < -0.3 is 24.3 Å². The molecule has 1 spiro atoms. The van der Waals surface area contributed by atoms with E-state index in [1.165, 1.54) is 13.2 Å². The number of aromatic nitrogens is 5. The van der Waals surface area contributed by atoms with Gasteiger partial charge in [-0.3, -0.25) is 4.90 Å². The number of imidazole rings is 1. The number of ether oxygens (including phenoxy) is 2. The zero-order valence-corrected chi connectivity index (χ0v) is 24.6. The van der Waals surface area contributed by atoms with E-state index in [1.54, 1.807) is 17.2 Å². The van der Waals surface area contributed by atoms with E-state index < -0.39 is 11.6 Å². The van der Waals surface area contributed by atoms with E-state index >= 15 is 4.39 Å². The third-order valence-electron chi connectivity index (χ3n) is 8.01. The molecule has 1 aromatic carbocycles. The number of hydrogen-bond acceptors (Lipinski definition) is 9. The van der Waals surface area contributed by atoms with Crippen LogP contribution in [0, 0.1) is 18.6 Å². The second-order valence-electron chi connectivity index (χ2n) is 11.4. The van der Waals surface area contributed by atoms with Crippen molar-refractivity contribution in [3.8, 4) is 11.3 Å². The summed E-state index contributed by atoms with van der Waals surface area (Å²) in [6, 6.07) is 6.76. The van der Waals surface area contributed by atoms with Crippen LogP contribution in [0.1, 0.15) is 39.1 Å². The number of fused-ring (bicyclic) bond motifs is 1. The first-order chi connectivity index (χ1) is 20.6. The Morgan fingerprint density at radius 2 is 1.98 bits per heavy atom. The van der Waals surface area contributed by atoms with Gasteiger partial charge >= 0.3 is 6.09 Å². The maximum absolute atomic E-state index is 15.0. The maximum Gasteiger partial charge on any atom is 0.409 e. The standard InChI is InChI=1S/C30H34F2N8O3.H2/c1-18(2)40-19(3)35-27-22(31)11-21(12-24(27)40)26-23(32)14-34-28(37-26)36-25-6-5-20(13-33-25)15-38-9-10-43-30(16-38)7-8-39(17-30)29(41)42-4;/h5-6,11-14,18H,7-10,15-17H2,1-4H3,(H,33,34,36,37);1H/t30-;/m1./s1. The summed E-state index contributed by atoms with van der Waals surface area (Å²) in [6.07, 6.45) is 3.26. The zero-order valence-electron chi connectivity index (χ0n) is 24.6. The number of halogens is 2. The van der Waals surface area contributed by atoms with E-state index in [2.05, 4.69) is 30.2 Å². The lowest BCUT2D eigenvalue weighted by Gasteiger charge is -2.40. The van der Waals surface area contributed by atoms with Gasteiger partial charge in [0.15, 0.2) is 11.6 Å². The molecule has 11 nitrogen and oxygen atoms in total. The minimum Gasteiger partial charge on any atom is -0.453 e. The number of aryl methyl sites for hydroxylation is 1. The maximum atomic E-state index is 15.0. The first kappa shape index (κ1) is 28.9. The van der Waals surface area contributed by atoms with Gasteiger partial charge in [0.2, 0.25) is 5.95 Å². The minimum absolute atomic E-state index is 0. The van der Waals surface area contributed by atoms with E-state index in [1.807, 2.05) is 37.5 Å². The van der Waals surface area contributed by atoms with E-state index in [0.717, 1.165) is 24.7 Å². The van der Waals surface area contributed by atoms with Gasteiger partial charge in [0.25, 0.3) is 0 Å². The molecule has 2 aliphatic rings. The normalized spacial score (nSPS) is 19.1. The fourth-order valence-corrected chi connectivity index (χ4v) is 6.09. The predicted molar refractivity (Wildman–Crippen MR) is 158 cm³/mol. The van der Waals surface area contributed by atoms with Crippen LogP contribution in [0.4, 0.5) is 25.3 Å². The summed E-state index contributed by atoms with van der Waals surface area (Å²) < 4.78 is 42.8. The third-order valence-corrected chi connectivity index (χ3v) is 8.01. The van der Waals surface area contributed by atoms with Crippen LogP contribution in [0.25, 0.3) is 22.3 Å². The van der Waals surface area contributed by atoms with Gasteiger partial charge in [-0.25, -0.2) is 33.5 Å². The van der Waals surface area contributed by atoms with Gasteiger partial charge in [-0.05, 0) is 51.0 Å². The fraction of sp³-hybridized carbons (Fsp3) is 0.433. The molecule has 3 aromatic heterocycles. The highest BCUT2D eigenvalue weighted by Gasteiger charge is 2.44. The number of carbonyl (C=O) groups excluding carboxylic acids is 1. The number of benzene rings is 1. The highest BCUT2D eigenvalue weighted by Crippen LogP contribution is 2.32. The van der Waals surface area contributed by atoms with Gasteiger partial charge in [0.05, 0.1) is 32.0 Å². The van der Waals surface area contributed by atoms with Crippen molar-refractivity contribution in [2.45, 2.75) is 45.4 Å². The number of methoxy groups -OCH3 is 1. The van der Waals surface area contributed by atoms with Crippen molar-refractivity contribution >= 4 is 28.9 Å². The van der Waals surface area contributed by atoms with Crippen molar-refractivity contribution in [1.82, 2.24) is 34.3 Å². The second-order valence-corrected chi connectivity index (χ2v) is 11.4. The molecular formula is C30H36F2N8O3. The highest BCUT2D eigenvalue weighted by molar-refractivity contribution is 5.83. The summed E-state index contributed by atoms with van der Waals surface area (Å²) in [4.78, 5) is 33.2. The van der Waals surface area contributed by atoms with Crippen LogP contribution in [0.5, 0.6) is 0 Å². The molecule has 2 aliphatic heterocycles. The summed E-state index contributed by atoms with van der Waals surface area (Å²) >= 11 is 0.